The molecule has 0 saturated heterocycles. The molecule has 32 heavy (non-hydrogen) atoms. The van der Waals surface area contributed by atoms with Gasteiger partial charge < -0.3 is 9.94 Å². The average Bonchev–Trinajstić information content (AvgIpc) is 3.00. The van der Waals surface area contributed by atoms with Gasteiger partial charge in [-0.05, 0) is 68.4 Å². The fourth-order valence-corrected chi connectivity index (χ4v) is 8.37. The first kappa shape index (κ1) is 22.7. The molecular weight excluding hydrogens is 414 g/mol. The van der Waals surface area contributed by atoms with Gasteiger partial charge in [-0.15, -0.1) is 10.1 Å². The van der Waals surface area contributed by atoms with E-state index >= 15 is 0 Å². The van der Waals surface area contributed by atoms with Crippen molar-refractivity contribution in [2.24, 2.45) is 39.9 Å². The highest BCUT2D eigenvalue weighted by Gasteiger charge is 2.70. The van der Waals surface area contributed by atoms with Crippen LogP contribution in [0.1, 0.15) is 59.8 Å². The van der Waals surface area contributed by atoms with Crippen LogP contribution < -0.4 is 0 Å². The Morgan fingerprint density at radius 3 is 2.59 bits per heavy atom. The van der Waals surface area contributed by atoms with E-state index in [0.29, 0.717) is 19.3 Å². The van der Waals surface area contributed by atoms with E-state index in [2.05, 4.69) is 0 Å². The normalized spacial score (nSPS) is 43.4. The molecule has 4 aliphatic carbocycles. The minimum atomic E-state index is -1.10. The van der Waals surface area contributed by atoms with E-state index in [-0.39, 0.29) is 35.7 Å². The lowest BCUT2D eigenvalue weighted by molar-refractivity contribution is -0.773. The smallest absolute Gasteiger partial charge is 0.307 e. The predicted molar refractivity (Wildman–Crippen MR) is 114 cm³/mol. The number of hydrogen-bond acceptors (Lipinski definition) is 6. The van der Waals surface area contributed by atoms with Gasteiger partial charge >= 0.3 is 5.97 Å². The second-order valence-corrected chi connectivity index (χ2v) is 10.6. The molecule has 0 heterocycles. The summed E-state index contributed by atoms with van der Waals surface area (Å²) in [6, 6.07) is 0. The van der Waals surface area contributed by atoms with Crippen molar-refractivity contribution in [3.8, 4) is 0 Å². The van der Waals surface area contributed by atoms with Crippen LogP contribution >= 0.6 is 0 Å². The fraction of sp³-hybridized carbons (Fsp3) is 0.708. The zero-order valence-electron chi connectivity index (χ0n) is 19.0. The van der Waals surface area contributed by atoms with E-state index in [4.69, 9.17) is 4.84 Å². The Balaban J connectivity index is 1.85. The molecule has 8 heteroatoms. The molecule has 8 atom stereocenters. The van der Waals surface area contributed by atoms with E-state index in [1.54, 1.807) is 13.0 Å². The molecule has 0 aromatic heterocycles. The first-order valence-electron chi connectivity index (χ1n) is 11.4. The first-order valence-corrected chi connectivity index (χ1v) is 11.4. The van der Waals surface area contributed by atoms with E-state index in [1.165, 1.54) is 13.0 Å². The van der Waals surface area contributed by atoms with Gasteiger partial charge in [-0.25, -0.2) is 0 Å². The molecule has 0 aromatic carbocycles. The molecule has 0 aliphatic heterocycles. The number of fused-ring (bicyclic) bond motifs is 5. The number of rotatable bonds is 5. The number of aliphatic carboxylic acids is 1. The van der Waals surface area contributed by atoms with Gasteiger partial charge in [-0.1, -0.05) is 32.4 Å². The molecule has 174 valence electrons. The SMILES string of the molecule is CC(=O)C1(C(C)C(=O)O)CCC2C3CCC4=CC(=O)C=CC4(C)C3C(O[N+](=O)[O-])CC21C. The van der Waals surface area contributed by atoms with Crippen molar-refractivity contribution in [2.75, 3.05) is 0 Å². The Labute approximate surface area is 187 Å². The van der Waals surface area contributed by atoms with Gasteiger partial charge in [-0.3, -0.25) is 14.4 Å². The Bertz CT molecular complexity index is 954. The summed E-state index contributed by atoms with van der Waals surface area (Å²) in [5.74, 6) is -2.31. The summed E-state index contributed by atoms with van der Waals surface area (Å²) in [6.07, 6.45) is 7.10. The number of carboxylic acid groups (broad SMARTS) is 1. The lowest BCUT2D eigenvalue weighted by Gasteiger charge is -2.61. The molecule has 4 rings (SSSR count). The van der Waals surface area contributed by atoms with Crippen LogP contribution in [0.4, 0.5) is 0 Å². The number of hydrogen-bond donors (Lipinski definition) is 1. The topological polar surface area (TPSA) is 124 Å². The third-order valence-corrected chi connectivity index (χ3v) is 9.69. The zero-order chi connectivity index (χ0) is 23.6. The van der Waals surface area contributed by atoms with E-state index in [1.807, 2.05) is 19.9 Å². The van der Waals surface area contributed by atoms with Crippen LogP contribution in [0.5, 0.6) is 0 Å². The van der Waals surface area contributed by atoms with Gasteiger partial charge in [0.15, 0.2) is 5.78 Å². The average molecular weight is 446 g/mol. The van der Waals surface area contributed by atoms with E-state index in [9.17, 15) is 29.6 Å². The van der Waals surface area contributed by atoms with Crippen molar-refractivity contribution in [3.05, 3.63) is 33.9 Å². The molecule has 0 spiro atoms. The van der Waals surface area contributed by atoms with Crippen molar-refractivity contribution in [3.63, 3.8) is 0 Å². The molecule has 0 radical (unpaired) electrons. The Kier molecular flexibility index (Phi) is 5.14. The van der Waals surface area contributed by atoms with Crippen molar-refractivity contribution >= 4 is 17.5 Å². The quantitative estimate of drug-likeness (QED) is 0.504. The maximum Gasteiger partial charge on any atom is 0.307 e. The first-order chi connectivity index (χ1) is 14.9. The van der Waals surface area contributed by atoms with Crippen molar-refractivity contribution < 1.29 is 29.4 Å². The van der Waals surface area contributed by atoms with Crippen molar-refractivity contribution in [1.82, 2.24) is 0 Å². The fourth-order valence-electron chi connectivity index (χ4n) is 8.37. The summed E-state index contributed by atoms with van der Waals surface area (Å²) in [4.78, 5) is 54.0. The summed E-state index contributed by atoms with van der Waals surface area (Å²) in [5, 5.41) is 20.6. The van der Waals surface area contributed by atoms with Gasteiger partial charge in [0.2, 0.25) is 0 Å². The molecule has 3 saturated carbocycles. The molecule has 8 unspecified atom stereocenters. The summed E-state index contributed by atoms with van der Waals surface area (Å²) in [7, 11) is 0. The Hall–Kier alpha value is -2.51. The van der Waals surface area contributed by atoms with E-state index < -0.39 is 39.3 Å². The summed E-state index contributed by atoms with van der Waals surface area (Å²) in [5.41, 5.74) is -1.40. The molecule has 0 amide bonds. The maximum absolute atomic E-state index is 13.1. The largest absolute Gasteiger partial charge is 0.481 e. The highest BCUT2D eigenvalue weighted by molar-refractivity contribution is 6.01. The number of carbonyl (C=O) groups is 3. The Morgan fingerprint density at radius 1 is 1.31 bits per heavy atom. The highest BCUT2D eigenvalue weighted by Crippen LogP contribution is 2.71. The second-order valence-electron chi connectivity index (χ2n) is 10.6. The van der Waals surface area contributed by atoms with Crippen molar-refractivity contribution in [2.45, 2.75) is 65.9 Å². The molecular formula is C24H31NO7. The van der Waals surface area contributed by atoms with Gasteiger partial charge in [0.05, 0.1) is 5.92 Å². The van der Waals surface area contributed by atoms with Crippen LogP contribution in [0.25, 0.3) is 0 Å². The van der Waals surface area contributed by atoms with E-state index in [0.717, 1.165) is 12.0 Å². The molecule has 8 nitrogen and oxygen atoms in total. The molecule has 0 aromatic rings. The van der Waals surface area contributed by atoms with Crippen LogP contribution in [0.2, 0.25) is 0 Å². The van der Waals surface area contributed by atoms with Crippen LogP contribution in [-0.4, -0.2) is 33.8 Å². The molecule has 3 fully saturated rings. The molecule has 4 aliphatic rings. The summed E-state index contributed by atoms with van der Waals surface area (Å²) < 4.78 is 0. The van der Waals surface area contributed by atoms with Crippen LogP contribution in [0.15, 0.2) is 23.8 Å². The van der Waals surface area contributed by atoms with Gasteiger partial charge in [0.1, 0.15) is 11.9 Å². The maximum atomic E-state index is 13.1. The Morgan fingerprint density at radius 2 is 2.00 bits per heavy atom. The number of Topliss-reactive ketones (excluding diaryl/α,β-unsaturated/α-hetero) is 1. The number of nitrogens with zero attached hydrogens (tertiary/aromatic N) is 1. The standard InChI is InChI=1S/C24H31NO7/c1-13(21(28)29)24(14(2)26)10-8-18-17-6-5-15-11-16(27)7-9-22(15,3)20(17)19(32-25(30)31)12-23(18,24)4/h7,9,11,13,17-20H,5-6,8,10,12H2,1-4H3,(H,28,29). The molecule has 1 N–H and O–H groups in total. The minimum absolute atomic E-state index is 0.0286. The summed E-state index contributed by atoms with van der Waals surface area (Å²) >= 11 is 0. The second kappa shape index (κ2) is 7.25. The third kappa shape index (κ3) is 2.83. The zero-order valence-corrected chi connectivity index (χ0v) is 19.0. The highest BCUT2D eigenvalue weighted by atomic mass is 17.0. The van der Waals surface area contributed by atoms with Gasteiger partial charge in [-0.2, -0.15) is 0 Å². The van der Waals surface area contributed by atoms with Crippen LogP contribution in [-0.2, 0) is 19.2 Å². The van der Waals surface area contributed by atoms with Crippen LogP contribution in [0.3, 0.4) is 0 Å². The van der Waals surface area contributed by atoms with Gasteiger partial charge in [0.25, 0.3) is 5.09 Å². The minimum Gasteiger partial charge on any atom is -0.481 e. The third-order valence-electron chi connectivity index (χ3n) is 9.69. The lowest BCUT2D eigenvalue weighted by Crippen LogP contribution is -2.61. The molecule has 0 bridgehead atoms. The summed E-state index contributed by atoms with van der Waals surface area (Å²) in [6.45, 7) is 7.02. The van der Waals surface area contributed by atoms with Crippen LogP contribution in [0, 0.1) is 50.0 Å². The number of carboxylic acids is 1. The number of carbonyl (C=O) groups excluding carboxylic acids is 2. The monoisotopic (exact) mass is 445 g/mol. The van der Waals surface area contributed by atoms with Gasteiger partial charge in [0, 0.05) is 16.7 Å². The van der Waals surface area contributed by atoms with Crippen molar-refractivity contribution in [1.29, 1.82) is 0 Å². The lowest BCUT2D eigenvalue weighted by atomic mass is 9.43. The number of ketones is 2. The number of allylic oxidation sites excluding steroid dienone is 4. The predicted octanol–water partition coefficient (Wildman–Crippen LogP) is 3.78.